The largest absolute Gasteiger partial charge is 0.508 e. The molecule has 2 N–H and O–H groups in total. The first kappa shape index (κ1) is 15.0. The Kier molecular flexibility index (Phi) is 5.17. The van der Waals surface area contributed by atoms with E-state index in [0.29, 0.717) is 5.82 Å². The van der Waals surface area contributed by atoms with Gasteiger partial charge in [-0.05, 0) is 48.1 Å². The number of nitrogens with one attached hydrogen (secondary N) is 1. The van der Waals surface area contributed by atoms with Crippen molar-refractivity contribution in [2.24, 2.45) is 0 Å². The van der Waals surface area contributed by atoms with E-state index in [1.807, 2.05) is 13.0 Å². The van der Waals surface area contributed by atoms with Gasteiger partial charge < -0.3 is 10.4 Å². The number of halogens is 1. The molecule has 1 aromatic carbocycles. The number of aromatic hydroxyl groups is 1. The van der Waals surface area contributed by atoms with Crippen LogP contribution in [0.4, 0.5) is 5.82 Å². The van der Waals surface area contributed by atoms with E-state index >= 15 is 0 Å². The highest BCUT2D eigenvalue weighted by atomic mass is 127. The summed E-state index contributed by atoms with van der Waals surface area (Å²) in [6.45, 7) is 5.00. The van der Waals surface area contributed by atoms with E-state index in [2.05, 4.69) is 44.8 Å². The van der Waals surface area contributed by atoms with Crippen molar-refractivity contribution in [3.63, 3.8) is 0 Å². The number of rotatable bonds is 5. The number of aryl methyl sites for hydroxylation is 1. The minimum absolute atomic E-state index is 0.228. The zero-order valence-corrected chi connectivity index (χ0v) is 13.8. The van der Waals surface area contributed by atoms with Crippen LogP contribution in [-0.4, -0.2) is 21.6 Å². The normalized spacial score (nSPS) is 10.6. The van der Waals surface area contributed by atoms with Crippen molar-refractivity contribution < 1.29 is 5.11 Å². The van der Waals surface area contributed by atoms with Crippen molar-refractivity contribution in [3.05, 3.63) is 33.5 Å². The van der Waals surface area contributed by atoms with Gasteiger partial charge in [-0.2, -0.15) is 0 Å². The standard InChI is InChI=1S/C15H18IN3O/c1-3-6-12-13(16)15(17-4-2)19-14(18-12)10-7-5-8-11(20)9-10/h5,7-9,20H,3-4,6H2,1-2H3,(H,17,18,19). The first-order valence-electron chi connectivity index (χ1n) is 6.75. The lowest BCUT2D eigenvalue weighted by Gasteiger charge is -2.12. The molecular formula is C15H18IN3O. The second-order valence-electron chi connectivity index (χ2n) is 4.49. The molecule has 0 saturated heterocycles. The number of phenolic OH excluding ortho intramolecular Hbond substituents is 1. The molecule has 0 fully saturated rings. The molecule has 0 unspecified atom stereocenters. The Bertz CT molecular complexity index is 574. The SMILES string of the molecule is CCCc1nc(-c2cccc(O)c2)nc(NCC)c1I. The Labute approximate surface area is 132 Å². The lowest BCUT2D eigenvalue weighted by Crippen LogP contribution is -2.08. The fraction of sp³-hybridized carbons (Fsp3) is 0.333. The first-order chi connectivity index (χ1) is 9.65. The molecule has 20 heavy (non-hydrogen) atoms. The molecule has 1 aromatic heterocycles. The second-order valence-corrected chi connectivity index (χ2v) is 5.57. The van der Waals surface area contributed by atoms with E-state index in [1.54, 1.807) is 18.2 Å². The predicted octanol–water partition coefficient (Wildman–Crippen LogP) is 3.84. The van der Waals surface area contributed by atoms with Crippen LogP contribution in [0.3, 0.4) is 0 Å². The molecule has 0 atom stereocenters. The smallest absolute Gasteiger partial charge is 0.161 e. The number of anilines is 1. The minimum Gasteiger partial charge on any atom is -0.508 e. The van der Waals surface area contributed by atoms with Crippen LogP contribution in [0.25, 0.3) is 11.4 Å². The van der Waals surface area contributed by atoms with Crippen LogP contribution in [0.1, 0.15) is 26.0 Å². The average molecular weight is 383 g/mol. The maximum Gasteiger partial charge on any atom is 0.161 e. The van der Waals surface area contributed by atoms with Crippen LogP contribution >= 0.6 is 22.6 Å². The molecule has 0 aliphatic heterocycles. The van der Waals surface area contributed by atoms with Gasteiger partial charge in [0.05, 0.1) is 9.26 Å². The van der Waals surface area contributed by atoms with Crippen molar-refractivity contribution >= 4 is 28.4 Å². The van der Waals surface area contributed by atoms with Gasteiger partial charge in [-0.25, -0.2) is 9.97 Å². The van der Waals surface area contributed by atoms with Crippen molar-refractivity contribution in [3.8, 4) is 17.1 Å². The molecule has 0 saturated carbocycles. The monoisotopic (exact) mass is 383 g/mol. The van der Waals surface area contributed by atoms with Crippen molar-refractivity contribution in [1.29, 1.82) is 0 Å². The van der Waals surface area contributed by atoms with Gasteiger partial charge in [0.15, 0.2) is 5.82 Å². The highest BCUT2D eigenvalue weighted by Gasteiger charge is 2.12. The Morgan fingerprint density at radius 2 is 2.05 bits per heavy atom. The maximum atomic E-state index is 9.60. The minimum atomic E-state index is 0.228. The van der Waals surface area contributed by atoms with Gasteiger partial charge in [-0.15, -0.1) is 0 Å². The van der Waals surface area contributed by atoms with Gasteiger partial charge >= 0.3 is 0 Å². The van der Waals surface area contributed by atoms with Crippen molar-refractivity contribution in [2.75, 3.05) is 11.9 Å². The van der Waals surface area contributed by atoms with E-state index in [-0.39, 0.29) is 5.75 Å². The zero-order chi connectivity index (χ0) is 14.5. The third-order valence-corrected chi connectivity index (χ3v) is 3.99. The van der Waals surface area contributed by atoms with Crippen LogP contribution in [0, 0.1) is 3.57 Å². The quantitative estimate of drug-likeness (QED) is 0.771. The fourth-order valence-corrected chi connectivity index (χ4v) is 2.66. The Balaban J connectivity index is 2.52. The lowest BCUT2D eigenvalue weighted by molar-refractivity contribution is 0.475. The molecule has 0 aliphatic carbocycles. The van der Waals surface area contributed by atoms with E-state index in [0.717, 1.165) is 40.0 Å². The van der Waals surface area contributed by atoms with Gasteiger partial charge in [0.2, 0.25) is 0 Å². The summed E-state index contributed by atoms with van der Waals surface area (Å²) in [6.07, 6.45) is 1.96. The second kappa shape index (κ2) is 6.88. The molecule has 0 spiro atoms. The highest BCUT2D eigenvalue weighted by Crippen LogP contribution is 2.26. The summed E-state index contributed by atoms with van der Waals surface area (Å²) in [4.78, 5) is 9.22. The number of hydrogen-bond donors (Lipinski definition) is 2. The Morgan fingerprint density at radius 1 is 1.25 bits per heavy atom. The van der Waals surface area contributed by atoms with Crippen LogP contribution in [0.15, 0.2) is 24.3 Å². The number of hydrogen-bond acceptors (Lipinski definition) is 4. The predicted molar refractivity (Wildman–Crippen MR) is 90.0 cm³/mol. The number of nitrogens with zero attached hydrogens (tertiary/aromatic N) is 2. The molecular weight excluding hydrogens is 365 g/mol. The van der Waals surface area contributed by atoms with Crippen molar-refractivity contribution in [2.45, 2.75) is 26.7 Å². The summed E-state index contributed by atoms with van der Waals surface area (Å²) < 4.78 is 1.08. The molecule has 0 amide bonds. The van der Waals surface area contributed by atoms with Gasteiger partial charge in [0.25, 0.3) is 0 Å². The lowest BCUT2D eigenvalue weighted by atomic mass is 10.2. The Hall–Kier alpha value is -1.37. The number of phenols is 1. The number of benzene rings is 1. The molecule has 0 aliphatic rings. The highest BCUT2D eigenvalue weighted by molar-refractivity contribution is 14.1. The van der Waals surface area contributed by atoms with Gasteiger partial charge in [-0.3, -0.25) is 0 Å². The summed E-state index contributed by atoms with van der Waals surface area (Å²) in [5.41, 5.74) is 1.88. The molecule has 5 heteroatoms. The molecule has 2 aromatic rings. The van der Waals surface area contributed by atoms with Crippen LogP contribution < -0.4 is 5.32 Å². The molecule has 2 rings (SSSR count). The third kappa shape index (κ3) is 3.39. The van der Waals surface area contributed by atoms with E-state index < -0.39 is 0 Å². The fourth-order valence-electron chi connectivity index (χ4n) is 1.95. The van der Waals surface area contributed by atoms with E-state index in [4.69, 9.17) is 0 Å². The molecule has 1 heterocycles. The number of aromatic nitrogens is 2. The van der Waals surface area contributed by atoms with Crippen LogP contribution in [0.5, 0.6) is 5.75 Å². The van der Waals surface area contributed by atoms with Crippen LogP contribution in [0.2, 0.25) is 0 Å². The molecule has 0 radical (unpaired) electrons. The zero-order valence-electron chi connectivity index (χ0n) is 11.7. The summed E-state index contributed by atoms with van der Waals surface area (Å²) in [7, 11) is 0. The first-order valence-corrected chi connectivity index (χ1v) is 7.83. The van der Waals surface area contributed by atoms with E-state index in [9.17, 15) is 5.11 Å². The van der Waals surface area contributed by atoms with Gasteiger partial charge in [-0.1, -0.05) is 25.5 Å². The van der Waals surface area contributed by atoms with Crippen LogP contribution in [-0.2, 0) is 6.42 Å². The maximum absolute atomic E-state index is 9.60. The molecule has 4 nitrogen and oxygen atoms in total. The average Bonchev–Trinajstić information content (AvgIpc) is 2.43. The topological polar surface area (TPSA) is 58.0 Å². The molecule has 0 bridgehead atoms. The Morgan fingerprint density at radius 3 is 2.70 bits per heavy atom. The van der Waals surface area contributed by atoms with Crippen molar-refractivity contribution in [1.82, 2.24) is 9.97 Å². The van der Waals surface area contributed by atoms with Gasteiger partial charge in [0, 0.05) is 12.1 Å². The van der Waals surface area contributed by atoms with Gasteiger partial charge in [0.1, 0.15) is 11.6 Å². The third-order valence-electron chi connectivity index (χ3n) is 2.86. The van der Waals surface area contributed by atoms with E-state index in [1.165, 1.54) is 0 Å². The summed E-state index contributed by atoms with van der Waals surface area (Å²) in [6, 6.07) is 7.05. The summed E-state index contributed by atoms with van der Waals surface area (Å²) >= 11 is 2.29. The summed E-state index contributed by atoms with van der Waals surface area (Å²) in [5, 5.41) is 12.9. The molecule has 106 valence electrons. The summed E-state index contributed by atoms with van der Waals surface area (Å²) in [5.74, 6) is 1.75.